The monoisotopic (exact) mass is 244 g/mol. The standard InChI is InChI=1S/C15H32O2/c1-4-7-10-13(14(16)11-8-5-2)15(17)12-9-6-3/h13-17H,4-12H2,1-3H3. The Balaban J connectivity index is 4.17. The SMILES string of the molecule is CCCCC(O)C(CCCC)C(O)CCCC. The van der Waals surface area contributed by atoms with Crippen molar-refractivity contribution in [1.82, 2.24) is 0 Å². The molecule has 2 nitrogen and oxygen atoms in total. The largest absolute Gasteiger partial charge is 0.393 e. The molecule has 0 rings (SSSR count). The molecule has 104 valence electrons. The Labute approximate surface area is 107 Å². The second kappa shape index (κ2) is 11.0. The summed E-state index contributed by atoms with van der Waals surface area (Å²) >= 11 is 0. The molecule has 0 heterocycles. The van der Waals surface area contributed by atoms with Crippen molar-refractivity contribution in [2.24, 2.45) is 5.92 Å². The summed E-state index contributed by atoms with van der Waals surface area (Å²) in [5, 5.41) is 20.4. The molecule has 0 aliphatic rings. The van der Waals surface area contributed by atoms with Crippen LogP contribution in [0, 0.1) is 5.92 Å². The Morgan fingerprint density at radius 3 is 1.35 bits per heavy atom. The number of aliphatic hydroxyl groups is 2. The van der Waals surface area contributed by atoms with Crippen molar-refractivity contribution in [3.63, 3.8) is 0 Å². The third-order valence-corrected chi connectivity index (χ3v) is 3.59. The molecule has 0 aromatic rings. The summed E-state index contributed by atoms with van der Waals surface area (Å²) in [5.41, 5.74) is 0. The number of hydrogen-bond donors (Lipinski definition) is 2. The van der Waals surface area contributed by atoms with Gasteiger partial charge in [-0.15, -0.1) is 0 Å². The van der Waals surface area contributed by atoms with Gasteiger partial charge in [0.1, 0.15) is 0 Å². The molecule has 0 aliphatic heterocycles. The van der Waals surface area contributed by atoms with Gasteiger partial charge in [-0.25, -0.2) is 0 Å². The van der Waals surface area contributed by atoms with Gasteiger partial charge in [-0.2, -0.15) is 0 Å². The van der Waals surface area contributed by atoms with Crippen LogP contribution in [-0.4, -0.2) is 22.4 Å². The average molecular weight is 244 g/mol. The van der Waals surface area contributed by atoms with Crippen LogP contribution in [0.25, 0.3) is 0 Å². The maximum atomic E-state index is 10.2. The predicted octanol–water partition coefficient (Wildman–Crippen LogP) is 3.90. The minimum Gasteiger partial charge on any atom is -0.393 e. The van der Waals surface area contributed by atoms with E-state index >= 15 is 0 Å². The van der Waals surface area contributed by atoms with Gasteiger partial charge in [0.05, 0.1) is 12.2 Å². The fourth-order valence-electron chi connectivity index (χ4n) is 2.34. The topological polar surface area (TPSA) is 40.5 Å². The van der Waals surface area contributed by atoms with Gasteiger partial charge in [-0.1, -0.05) is 59.3 Å². The van der Waals surface area contributed by atoms with Crippen LogP contribution in [-0.2, 0) is 0 Å². The Hall–Kier alpha value is -0.0800. The van der Waals surface area contributed by atoms with E-state index in [1.807, 2.05) is 0 Å². The third-order valence-electron chi connectivity index (χ3n) is 3.59. The van der Waals surface area contributed by atoms with Crippen LogP contribution in [0.3, 0.4) is 0 Å². The van der Waals surface area contributed by atoms with Gasteiger partial charge < -0.3 is 10.2 Å². The zero-order valence-corrected chi connectivity index (χ0v) is 12.0. The van der Waals surface area contributed by atoms with E-state index in [2.05, 4.69) is 20.8 Å². The van der Waals surface area contributed by atoms with Crippen LogP contribution in [0.4, 0.5) is 0 Å². The Morgan fingerprint density at radius 2 is 1.00 bits per heavy atom. The Bertz CT molecular complexity index is 145. The molecule has 2 N–H and O–H groups in total. The maximum absolute atomic E-state index is 10.2. The van der Waals surface area contributed by atoms with Crippen LogP contribution in [0.2, 0.25) is 0 Å². The summed E-state index contributed by atoms with van der Waals surface area (Å²) in [7, 11) is 0. The zero-order chi connectivity index (χ0) is 13.1. The highest BCUT2D eigenvalue weighted by Crippen LogP contribution is 2.24. The fourth-order valence-corrected chi connectivity index (χ4v) is 2.34. The molecular weight excluding hydrogens is 212 g/mol. The first kappa shape index (κ1) is 16.9. The fraction of sp³-hybridized carbons (Fsp3) is 1.00. The van der Waals surface area contributed by atoms with E-state index in [1.54, 1.807) is 0 Å². The molecule has 2 atom stereocenters. The third kappa shape index (κ3) is 7.77. The van der Waals surface area contributed by atoms with E-state index < -0.39 is 0 Å². The summed E-state index contributed by atoms with van der Waals surface area (Å²) in [4.78, 5) is 0. The normalized spacial score (nSPS) is 16.8. The second-order valence-electron chi connectivity index (χ2n) is 5.23. The number of aliphatic hydroxyl groups excluding tert-OH is 2. The highest BCUT2D eigenvalue weighted by molar-refractivity contribution is 4.76. The molecule has 0 saturated carbocycles. The first-order valence-electron chi connectivity index (χ1n) is 7.53. The summed E-state index contributed by atoms with van der Waals surface area (Å²) in [6.45, 7) is 6.44. The van der Waals surface area contributed by atoms with Crippen molar-refractivity contribution in [3.05, 3.63) is 0 Å². The summed E-state index contributed by atoms with van der Waals surface area (Å²) in [6.07, 6.45) is 8.62. The van der Waals surface area contributed by atoms with Crippen LogP contribution >= 0.6 is 0 Å². The predicted molar refractivity (Wildman–Crippen MR) is 74.1 cm³/mol. The van der Waals surface area contributed by atoms with E-state index in [-0.39, 0.29) is 18.1 Å². The minimum absolute atomic E-state index is 0.0908. The summed E-state index contributed by atoms with van der Waals surface area (Å²) in [6, 6.07) is 0. The lowest BCUT2D eigenvalue weighted by Crippen LogP contribution is -2.32. The molecule has 17 heavy (non-hydrogen) atoms. The summed E-state index contributed by atoms with van der Waals surface area (Å²) < 4.78 is 0. The van der Waals surface area contributed by atoms with Gasteiger partial charge in [0, 0.05) is 5.92 Å². The highest BCUT2D eigenvalue weighted by atomic mass is 16.3. The molecule has 0 radical (unpaired) electrons. The van der Waals surface area contributed by atoms with Gasteiger partial charge >= 0.3 is 0 Å². The molecule has 2 heteroatoms. The maximum Gasteiger partial charge on any atom is 0.0593 e. The van der Waals surface area contributed by atoms with Crippen LogP contribution in [0.5, 0.6) is 0 Å². The molecule has 0 spiro atoms. The Kier molecular flexibility index (Phi) is 11.0. The molecule has 0 bridgehead atoms. The molecule has 0 fully saturated rings. The number of rotatable bonds is 11. The lowest BCUT2D eigenvalue weighted by atomic mass is 9.86. The molecule has 2 unspecified atom stereocenters. The van der Waals surface area contributed by atoms with E-state index in [0.717, 1.165) is 57.8 Å². The lowest BCUT2D eigenvalue weighted by Gasteiger charge is -2.27. The molecule has 0 aliphatic carbocycles. The second-order valence-corrected chi connectivity index (χ2v) is 5.23. The number of unbranched alkanes of at least 4 members (excludes halogenated alkanes) is 3. The van der Waals surface area contributed by atoms with E-state index in [0.29, 0.717) is 0 Å². The van der Waals surface area contributed by atoms with Crippen LogP contribution < -0.4 is 0 Å². The lowest BCUT2D eigenvalue weighted by molar-refractivity contribution is -0.00265. The molecule has 0 saturated heterocycles. The van der Waals surface area contributed by atoms with Gasteiger partial charge in [-0.05, 0) is 19.3 Å². The molecule has 0 aromatic heterocycles. The van der Waals surface area contributed by atoms with Crippen molar-refractivity contribution in [2.45, 2.75) is 90.8 Å². The van der Waals surface area contributed by atoms with Crippen LogP contribution in [0.1, 0.15) is 78.6 Å². The first-order chi connectivity index (χ1) is 8.17. The first-order valence-corrected chi connectivity index (χ1v) is 7.53. The molecule has 0 amide bonds. The van der Waals surface area contributed by atoms with Gasteiger partial charge in [0.25, 0.3) is 0 Å². The van der Waals surface area contributed by atoms with E-state index in [1.165, 1.54) is 0 Å². The van der Waals surface area contributed by atoms with Gasteiger partial charge in [-0.3, -0.25) is 0 Å². The quantitative estimate of drug-likeness (QED) is 0.579. The van der Waals surface area contributed by atoms with Gasteiger partial charge in [0.2, 0.25) is 0 Å². The zero-order valence-electron chi connectivity index (χ0n) is 12.0. The minimum atomic E-state index is -0.312. The van der Waals surface area contributed by atoms with Crippen molar-refractivity contribution >= 4 is 0 Å². The summed E-state index contributed by atoms with van der Waals surface area (Å²) in [5.74, 6) is 0.0908. The number of hydrogen-bond acceptors (Lipinski definition) is 2. The molecular formula is C15H32O2. The van der Waals surface area contributed by atoms with E-state index in [9.17, 15) is 10.2 Å². The Morgan fingerprint density at radius 1 is 0.647 bits per heavy atom. The van der Waals surface area contributed by atoms with Crippen LogP contribution in [0.15, 0.2) is 0 Å². The van der Waals surface area contributed by atoms with Gasteiger partial charge in [0.15, 0.2) is 0 Å². The van der Waals surface area contributed by atoms with Crippen molar-refractivity contribution in [3.8, 4) is 0 Å². The average Bonchev–Trinajstić information content (AvgIpc) is 2.34. The highest BCUT2D eigenvalue weighted by Gasteiger charge is 2.25. The smallest absolute Gasteiger partial charge is 0.0593 e. The molecule has 0 aromatic carbocycles. The van der Waals surface area contributed by atoms with Crippen molar-refractivity contribution in [2.75, 3.05) is 0 Å². The van der Waals surface area contributed by atoms with Crippen molar-refractivity contribution < 1.29 is 10.2 Å². The van der Waals surface area contributed by atoms with E-state index in [4.69, 9.17) is 0 Å². The van der Waals surface area contributed by atoms with Crippen molar-refractivity contribution in [1.29, 1.82) is 0 Å².